The van der Waals surface area contributed by atoms with Gasteiger partial charge in [-0.25, -0.2) is 9.48 Å². The molecule has 1 N–H and O–H groups in total. The number of carbonyl (C=O) groups is 1. The molecule has 6 nitrogen and oxygen atoms in total. The van der Waals surface area contributed by atoms with Gasteiger partial charge in [-0.2, -0.15) is 5.10 Å². The number of benzene rings is 2. The number of aromatic nitrogens is 2. The van der Waals surface area contributed by atoms with E-state index in [1.807, 2.05) is 78.7 Å². The number of anilines is 1. The van der Waals surface area contributed by atoms with Crippen molar-refractivity contribution in [2.24, 2.45) is 0 Å². The summed E-state index contributed by atoms with van der Waals surface area (Å²) in [6, 6.07) is 19.0. The lowest BCUT2D eigenvalue weighted by atomic mass is 9.97. The third kappa shape index (κ3) is 3.52. The molecule has 0 amide bonds. The second-order valence-corrected chi connectivity index (χ2v) is 6.98. The number of esters is 1. The molecule has 29 heavy (non-hydrogen) atoms. The van der Waals surface area contributed by atoms with Gasteiger partial charge in [-0.3, -0.25) is 4.90 Å². The van der Waals surface area contributed by atoms with Crippen molar-refractivity contribution in [3.05, 3.63) is 89.9 Å². The van der Waals surface area contributed by atoms with Gasteiger partial charge in [0.25, 0.3) is 0 Å². The molecule has 1 atom stereocenters. The normalized spacial score (nSPS) is 16.6. The van der Waals surface area contributed by atoms with Crippen LogP contribution in [0.5, 0.6) is 0 Å². The fraction of sp³-hybridized carbons (Fsp3) is 0.136. The summed E-state index contributed by atoms with van der Waals surface area (Å²) in [5, 5.41) is 8.25. The van der Waals surface area contributed by atoms with Crippen LogP contribution in [0.25, 0.3) is 5.69 Å². The third-order valence-corrected chi connectivity index (χ3v) is 5.16. The van der Waals surface area contributed by atoms with Crippen LogP contribution in [-0.2, 0) is 9.53 Å². The molecule has 1 aliphatic heterocycles. The summed E-state index contributed by atoms with van der Waals surface area (Å²) in [7, 11) is 1.38. The maximum atomic E-state index is 12.7. The van der Waals surface area contributed by atoms with E-state index in [-0.39, 0.29) is 0 Å². The van der Waals surface area contributed by atoms with E-state index < -0.39 is 12.0 Å². The van der Waals surface area contributed by atoms with E-state index in [2.05, 4.69) is 10.4 Å². The number of hydrogen-bond donors (Lipinski definition) is 1. The van der Waals surface area contributed by atoms with Gasteiger partial charge in [0.05, 0.1) is 30.6 Å². The van der Waals surface area contributed by atoms with E-state index in [9.17, 15) is 4.79 Å². The van der Waals surface area contributed by atoms with Gasteiger partial charge in [-0.15, -0.1) is 0 Å². The molecule has 0 spiro atoms. The maximum absolute atomic E-state index is 12.7. The van der Waals surface area contributed by atoms with E-state index >= 15 is 0 Å². The number of hydrogen-bond acceptors (Lipinski definition) is 4. The number of ether oxygens (including phenoxy) is 1. The fourth-order valence-electron chi connectivity index (χ4n) is 3.46. The van der Waals surface area contributed by atoms with Gasteiger partial charge in [0.2, 0.25) is 0 Å². The molecule has 146 valence electrons. The summed E-state index contributed by atoms with van der Waals surface area (Å²) in [4.78, 5) is 14.6. The van der Waals surface area contributed by atoms with Crippen molar-refractivity contribution in [3.8, 4) is 5.69 Å². The predicted molar refractivity (Wildman–Crippen MR) is 116 cm³/mol. The SMILES string of the molecule is COC(=O)C1=C(C)N(c2ccccc2)C(=S)N[C@@H]1c1cnn(-c2ccccc2)c1. The number of methoxy groups -OCH3 is 1. The Balaban J connectivity index is 1.78. The van der Waals surface area contributed by atoms with Crippen LogP contribution in [0.2, 0.25) is 0 Å². The highest BCUT2D eigenvalue weighted by Gasteiger charge is 2.35. The summed E-state index contributed by atoms with van der Waals surface area (Å²) in [5.41, 5.74) is 3.86. The molecule has 1 aliphatic rings. The maximum Gasteiger partial charge on any atom is 0.337 e. The zero-order valence-electron chi connectivity index (χ0n) is 16.1. The van der Waals surface area contributed by atoms with Gasteiger partial charge in [-0.05, 0) is 43.4 Å². The molecule has 0 saturated carbocycles. The molecular formula is C22H20N4O2S. The van der Waals surface area contributed by atoms with E-state index in [4.69, 9.17) is 17.0 Å². The van der Waals surface area contributed by atoms with Gasteiger partial charge < -0.3 is 10.1 Å². The molecule has 0 aliphatic carbocycles. The third-order valence-electron chi connectivity index (χ3n) is 4.86. The van der Waals surface area contributed by atoms with E-state index in [0.29, 0.717) is 10.7 Å². The average molecular weight is 404 g/mol. The fourth-order valence-corrected chi connectivity index (χ4v) is 3.82. The molecule has 3 aromatic rings. The average Bonchev–Trinajstić information content (AvgIpc) is 3.24. The number of carbonyl (C=O) groups excluding carboxylic acids is 1. The van der Waals surface area contributed by atoms with Crippen molar-refractivity contribution >= 4 is 29.0 Å². The van der Waals surface area contributed by atoms with Crippen molar-refractivity contribution in [1.82, 2.24) is 15.1 Å². The first-order valence-corrected chi connectivity index (χ1v) is 9.55. The first-order chi connectivity index (χ1) is 14.1. The van der Waals surface area contributed by atoms with Gasteiger partial charge in [0.1, 0.15) is 0 Å². The van der Waals surface area contributed by atoms with Crippen LogP contribution in [0.4, 0.5) is 5.69 Å². The van der Waals surface area contributed by atoms with E-state index in [1.54, 1.807) is 10.9 Å². The first kappa shape index (κ1) is 18.9. The lowest BCUT2D eigenvalue weighted by molar-refractivity contribution is -0.136. The Hall–Kier alpha value is -3.45. The van der Waals surface area contributed by atoms with E-state index in [1.165, 1.54) is 7.11 Å². The van der Waals surface area contributed by atoms with Gasteiger partial charge in [0.15, 0.2) is 5.11 Å². The quantitative estimate of drug-likeness (QED) is 0.528. The van der Waals surface area contributed by atoms with Crippen molar-refractivity contribution in [3.63, 3.8) is 0 Å². The summed E-state index contributed by atoms with van der Waals surface area (Å²) >= 11 is 5.64. The first-order valence-electron chi connectivity index (χ1n) is 9.15. The second kappa shape index (κ2) is 7.89. The minimum absolute atomic E-state index is 0.407. The Labute approximate surface area is 174 Å². The summed E-state index contributed by atoms with van der Waals surface area (Å²) in [6.07, 6.45) is 3.63. The largest absolute Gasteiger partial charge is 0.466 e. The molecule has 7 heteroatoms. The highest BCUT2D eigenvalue weighted by molar-refractivity contribution is 7.80. The Morgan fingerprint density at radius 3 is 2.31 bits per heavy atom. The number of para-hydroxylation sites is 2. The zero-order valence-corrected chi connectivity index (χ0v) is 16.9. The number of nitrogens with zero attached hydrogens (tertiary/aromatic N) is 3. The zero-order chi connectivity index (χ0) is 20.4. The van der Waals surface area contributed by atoms with Crippen LogP contribution in [0.1, 0.15) is 18.5 Å². The van der Waals surface area contributed by atoms with Crippen molar-refractivity contribution < 1.29 is 9.53 Å². The number of nitrogens with one attached hydrogen (secondary N) is 1. The predicted octanol–water partition coefficient (Wildman–Crippen LogP) is 3.76. The molecule has 0 radical (unpaired) electrons. The van der Waals surface area contributed by atoms with Crippen LogP contribution < -0.4 is 10.2 Å². The van der Waals surface area contributed by atoms with Crippen LogP contribution in [0.3, 0.4) is 0 Å². The number of allylic oxidation sites excluding steroid dienone is 1. The molecule has 0 saturated heterocycles. The molecule has 0 fully saturated rings. The highest BCUT2D eigenvalue weighted by atomic mass is 32.1. The Morgan fingerprint density at radius 2 is 1.69 bits per heavy atom. The van der Waals surface area contributed by atoms with Gasteiger partial charge >= 0.3 is 5.97 Å². The van der Waals surface area contributed by atoms with Crippen LogP contribution in [0.15, 0.2) is 84.3 Å². The van der Waals surface area contributed by atoms with Crippen molar-refractivity contribution in [2.45, 2.75) is 13.0 Å². The monoisotopic (exact) mass is 404 g/mol. The second-order valence-electron chi connectivity index (χ2n) is 6.60. The molecule has 0 unspecified atom stereocenters. The highest BCUT2D eigenvalue weighted by Crippen LogP contribution is 2.34. The molecule has 2 heterocycles. The van der Waals surface area contributed by atoms with Gasteiger partial charge in [0, 0.05) is 23.1 Å². The Kier molecular flexibility index (Phi) is 5.14. The van der Waals surface area contributed by atoms with Gasteiger partial charge in [-0.1, -0.05) is 36.4 Å². The number of thiocarbonyl (C=S) groups is 1. The van der Waals surface area contributed by atoms with Crippen molar-refractivity contribution in [1.29, 1.82) is 0 Å². The summed E-state index contributed by atoms with van der Waals surface area (Å²) in [6.45, 7) is 1.88. The van der Waals surface area contributed by atoms with Crippen molar-refractivity contribution in [2.75, 3.05) is 12.0 Å². The molecule has 2 aromatic carbocycles. The Morgan fingerprint density at radius 1 is 1.07 bits per heavy atom. The lowest BCUT2D eigenvalue weighted by Gasteiger charge is -2.37. The van der Waals surface area contributed by atoms with E-state index in [0.717, 1.165) is 22.6 Å². The minimum Gasteiger partial charge on any atom is -0.466 e. The topological polar surface area (TPSA) is 59.4 Å². The molecule has 1 aromatic heterocycles. The smallest absolute Gasteiger partial charge is 0.337 e. The van der Waals surface area contributed by atoms with Crippen LogP contribution >= 0.6 is 12.2 Å². The number of rotatable bonds is 4. The lowest BCUT2D eigenvalue weighted by Crippen LogP contribution is -2.48. The molecular weight excluding hydrogens is 384 g/mol. The summed E-state index contributed by atoms with van der Waals surface area (Å²) < 4.78 is 6.86. The molecule has 0 bridgehead atoms. The van der Waals surface area contributed by atoms with Crippen LogP contribution in [-0.4, -0.2) is 28.0 Å². The molecule has 4 rings (SSSR count). The minimum atomic E-state index is -0.452. The Bertz CT molecular complexity index is 1080. The van der Waals surface area contributed by atoms with Crippen LogP contribution in [0, 0.1) is 0 Å². The standard InChI is InChI=1S/C22H20N4O2S/c1-15-19(21(27)28-2)20(24-22(29)26(15)18-11-7-4-8-12-18)16-13-23-25(14-16)17-9-5-3-6-10-17/h3-14,20H,1-2H3,(H,24,29)/t20-/m1/s1. The summed E-state index contributed by atoms with van der Waals surface area (Å²) in [5.74, 6) is -0.407.